The number of alkyl halides is 3. The molecule has 0 amide bonds. The van der Waals surface area contributed by atoms with E-state index in [4.69, 9.17) is 14.2 Å². The molecule has 4 heterocycles. The molecule has 0 saturated carbocycles. The van der Waals surface area contributed by atoms with E-state index in [2.05, 4.69) is 21.8 Å². The highest BCUT2D eigenvalue weighted by molar-refractivity contribution is 5.36. The lowest BCUT2D eigenvalue weighted by Gasteiger charge is -2.36. The van der Waals surface area contributed by atoms with Gasteiger partial charge in [0.2, 0.25) is 0 Å². The SMILES string of the molecule is Cc1cc(OC2CCCN(C(C)c3ccc4c(n3)OCCO4)C2)cc(C(F)(F)F)n1. The van der Waals surface area contributed by atoms with E-state index in [1.807, 2.05) is 12.1 Å². The lowest BCUT2D eigenvalue weighted by Crippen LogP contribution is -2.42. The Labute approximate surface area is 173 Å². The molecular formula is C21H24F3N3O3. The fourth-order valence-electron chi connectivity index (χ4n) is 3.82. The number of aryl methyl sites for hydroxylation is 1. The number of pyridine rings is 2. The Morgan fingerprint density at radius 3 is 2.77 bits per heavy atom. The highest BCUT2D eigenvalue weighted by Gasteiger charge is 2.34. The molecule has 30 heavy (non-hydrogen) atoms. The van der Waals surface area contributed by atoms with Crippen molar-refractivity contribution in [1.29, 1.82) is 0 Å². The summed E-state index contributed by atoms with van der Waals surface area (Å²) in [6, 6.07) is 6.31. The van der Waals surface area contributed by atoms with E-state index in [0.29, 0.717) is 31.4 Å². The molecule has 0 N–H and O–H groups in total. The maximum Gasteiger partial charge on any atom is 0.433 e. The minimum atomic E-state index is -4.50. The zero-order valence-corrected chi connectivity index (χ0v) is 16.9. The van der Waals surface area contributed by atoms with Gasteiger partial charge in [-0.25, -0.2) is 9.97 Å². The smallest absolute Gasteiger partial charge is 0.433 e. The number of nitrogens with zero attached hydrogens (tertiary/aromatic N) is 3. The quantitative estimate of drug-likeness (QED) is 0.736. The van der Waals surface area contributed by atoms with Crippen molar-refractivity contribution in [3.63, 3.8) is 0 Å². The monoisotopic (exact) mass is 423 g/mol. The molecule has 2 aliphatic heterocycles. The minimum Gasteiger partial charge on any atom is -0.489 e. The molecule has 1 saturated heterocycles. The molecule has 4 rings (SSSR count). The summed E-state index contributed by atoms with van der Waals surface area (Å²) in [5, 5.41) is 0. The summed E-state index contributed by atoms with van der Waals surface area (Å²) in [6.45, 7) is 6.03. The predicted octanol–water partition coefficient (Wildman–Crippen LogP) is 4.18. The maximum absolute atomic E-state index is 13.0. The van der Waals surface area contributed by atoms with E-state index in [0.717, 1.165) is 31.1 Å². The van der Waals surface area contributed by atoms with Gasteiger partial charge < -0.3 is 14.2 Å². The van der Waals surface area contributed by atoms with Crippen molar-refractivity contribution in [3.05, 3.63) is 41.3 Å². The van der Waals surface area contributed by atoms with Crippen LogP contribution < -0.4 is 14.2 Å². The Kier molecular flexibility index (Phi) is 5.73. The van der Waals surface area contributed by atoms with E-state index >= 15 is 0 Å². The first-order valence-corrected chi connectivity index (χ1v) is 10.0. The molecular weight excluding hydrogens is 399 g/mol. The number of likely N-dealkylation sites (tertiary alicyclic amines) is 1. The predicted molar refractivity (Wildman–Crippen MR) is 103 cm³/mol. The third-order valence-electron chi connectivity index (χ3n) is 5.33. The summed E-state index contributed by atoms with van der Waals surface area (Å²) in [6.07, 6.45) is -3.04. The van der Waals surface area contributed by atoms with Gasteiger partial charge in [0, 0.05) is 30.4 Å². The molecule has 0 radical (unpaired) electrons. The highest BCUT2D eigenvalue weighted by atomic mass is 19.4. The van der Waals surface area contributed by atoms with E-state index < -0.39 is 11.9 Å². The molecule has 2 aliphatic rings. The topological polar surface area (TPSA) is 56.7 Å². The van der Waals surface area contributed by atoms with Gasteiger partial charge in [-0.1, -0.05) is 0 Å². The zero-order chi connectivity index (χ0) is 21.3. The summed E-state index contributed by atoms with van der Waals surface area (Å²) in [7, 11) is 0. The summed E-state index contributed by atoms with van der Waals surface area (Å²) in [5.74, 6) is 1.35. The van der Waals surface area contributed by atoms with E-state index in [-0.39, 0.29) is 23.6 Å². The minimum absolute atomic E-state index is 0.0112. The van der Waals surface area contributed by atoms with Gasteiger partial charge in [0.25, 0.3) is 5.88 Å². The van der Waals surface area contributed by atoms with Gasteiger partial charge in [-0.15, -0.1) is 0 Å². The summed E-state index contributed by atoms with van der Waals surface area (Å²) in [5.41, 5.74) is 0.208. The van der Waals surface area contributed by atoms with Gasteiger partial charge in [0.1, 0.15) is 30.8 Å². The average molecular weight is 423 g/mol. The van der Waals surface area contributed by atoms with Crippen LogP contribution in [-0.2, 0) is 6.18 Å². The Balaban J connectivity index is 1.45. The number of fused-ring (bicyclic) bond motifs is 1. The molecule has 0 bridgehead atoms. The van der Waals surface area contributed by atoms with Gasteiger partial charge in [0.15, 0.2) is 5.75 Å². The van der Waals surface area contributed by atoms with Gasteiger partial charge >= 0.3 is 6.18 Å². The number of halogens is 3. The molecule has 0 aliphatic carbocycles. The van der Waals surface area contributed by atoms with Crippen molar-refractivity contribution in [2.75, 3.05) is 26.3 Å². The highest BCUT2D eigenvalue weighted by Crippen LogP contribution is 2.33. The molecule has 2 atom stereocenters. The number of ether oxygens (including phenoxy) is 3. The second kappa shape index (κ2) is 8.29. The number of hydrogen-bond donors (Lipinski definition) is 0. The molecule has 6 nitrogen and oxygen atoms in total. The number of hydrogen-bond acceptors (Lipinski definition) is 6. The van der Waals surface area contributed by atoms with Crippen LogP contribution in [-0.4, -0.2) is 47.3 Å². The lowest BCUT2D eigenvalue weighted by atomic mass is 10.0. The summed E-state index contributed by atoms with van der Waals surface area (Å²) < 4.78 is 56.2. The Hall–Kier alpha value is -2.55. The summed E-state index contributed by atoms with van der Waals surface area (Å²) in [4.78, 5) is 10.4. The van der Waals surface area contributed by atoms with Crippen LogP contribution in [0.4, 0.5) is 13.2 Å². The first-order chi connectivity index (χ1) is 14.3. The molecule has 0 spiro atoms. The van der Waals surface area contributed by atoms with E-state index in [1.165, 1.54) is 6.92 Å². The van der Waals surface area contributed by atoms with Crippen molar-refractivity contribution in [1.82, 2.24) is 14.9 Å². The molecule has 2 aromatic rings. The van der Waals surface area contributed by atoms with Gasteiger partial charge in [0.05, 0.1) is 5.69 Å². The molecule has 0 aromatic carbocycles. The molecule has 1 fully saturated rings. The Morgan fingerprint density at radius 2 is 1.97 bits per heavy atom. The van der Waals surface area contributed by atoms with Gasteiger partial charge in [-0.3, -0.25) is 4.90 Å². The fourth-order valence-corrected chi connectivity index (χ4v) is 3.82. The van der Waals surface area contributed by atoms with Crippen LogP contribution in [0.1, 0.15) is 42.9 Å². The van der Waals surface area contributed by atoms with Gasteiger partial charge in [-0.2, -0.15) is 13.2 Å². The Morgan fingerprint density at radius 1 is 1.17 bits per heavy atom. The van der Waals surface area contributed by atoms with Crippen LogP contribution in [0.25, 0.3) is 0 Å². The van der Waals surface area contributed by atoms with Crippen LogP contribution in [0.2, 0.25) is 0 Å². The number of rotatable bonds is 4. The van der Waals surface area contributed by atoms with Crippen molar-refractivity contribution in [2.24, 2.45) is 0 Å². The van der Waals surface area contributed by atoms with Crippen molar-refractivity contribution in [3.8, 4) is 17.4 Å². The van der Waals surface area contributed by atoms with Crippen molar-refractivity contribution in [2.45, 2.75) is 45.0 Å². The molecule has 9 heteroatoms. The van der Waals surface area contributed by atoms with Crippen LogP contribution in [0.5, 0.6) is 17.4 Å². The first-order valence-electron chi connectivity index (χ1n) is 10.0. The van der Waals surface area contributed by atoms with Gasteiger partial charge in [-0.05, 0) is 45.4 Å². The van der Waals surface area contributed by atoms with E-state index in [9.17, 15) is 13.2 Å². The molecule has 162 valence electrons. The standard InChI is InChI=1S/C21H24F3N3O3/c1-13-10-16(11-19(25-13)21(22,23)24)30-15-4-3-7-27(12-15)14(2)17-5-6-18-20(26-17)29-9-8-28-18/h5-6,10-11,14-15H,3-4,7-9,12H2,1-2H3. The molecule has 2 aromatic heterocycles. The second-order valence-electron chi connectivity index (χ2n) is 7.62. The average Bonchev–Trinajstić information content (AvgIpc) is 2.72. The van der Waals surface area contributed by atoms with Crippen molar-refractivity contribution >= 4 is 0 Å². The first kappa shape index (κ1) is 20.7. The van der Waals surface area contributed by atoms with Crippen LogP contribution >= 0.6 is 0 Å². The normalized spacial score (nSPS) is 20.6. The lowest BCUT2D eigenvalue weighted by molar-refractivity contribution is -0.141. The van der Waals surface area contributed by atoms with Crippen LogP contribution in [0.15, 0.2) is 24.3 Å². The Bertz CT molecular complexity index is 907. The van der Waals surface area contributed by atoms with Crippen LogP contribution in [0.3, 0.4) is 0 Å². The number of aromatic nitrogens is 2. The molecule has 2 unspecified atom stereocenters. The fraction of sp³-hybridized carbons (Fsp3) is 0.524. The van der Waals surface area contributed by atoms with E-state index in [1.54, 1.807) is 6.07 Å². The van der Waals surface area contributed by atoms with Crippen molar-refractivity contribution < 1.29 is 27.4 Å². The van der Waals surface area contributed by atoms with Crippen LogP contribution in [0, 0.1) is 6.92 Å². The third-order valence-corrected chi connectivity index (χ3v) is 5.33. The maximum atomic E-state index is 13.0. The second-order valence-corrected chi connectivity index (χ2v) is 7.62. The zero-order valence-electron chi connectivity index (χ0n) is 16.9. The largest absolute Gasteiger partial charge is 0.489 e. The number of piperidine rings is 1. The third kappa shape index (κ3) is 4.61. The summed E-state index contributed by atoms with van der Waals surface area (Å²) >= 11 is 0.